The molecule has 19 heavy (non-hydrogen) atoms. The van der Waals surface area contributed by atoms with Crippen LogP contribution in [0.5, 0.6) is 0 Å². The normalized spacial score (nSPS) is 13.9. The first-order valence-corrected chi connectivity index (χ1v) is 5.98. The van der Waals surface area contributed by atoms with Crippen molar-refractivity contribution in [3.63, 3.8) is 0 Å². The molecule has 1 atom stereocenters. The predicted molar refractivity (Wildman–Crippen MR) is 67.1 cm³/mol. The summed E-state index contributed by atoms with van der Waals surface area (Å²) in [4.78, 5) is 3.02. The lowest BCUT2D eigenvalue weighted by Gasteiger charge is -2.14. The molecule has 7 heteroatoms. The minimum absolute atomic E-state index is 0.126. The molecule has 0 amide bonds. The molecule has 1 aromatic heterocycles. The Morgan fingerprint density at radius 3 is 2.63 bits per heavy atom. The number of hydrogen-bond acceptors (Lipinski definition) is 2. The summed E-state index contributed by atoms with van der Waals surface area (Å²) in [5.41, 5.74) is 1.41. The number of halogens is 4. The van der Waals surface area contributed by atoms with Gasteiger partial charge in [-0.25, -0.2) is 0 Å². The van der Waals surface area contributed by atoms with Gasteiger partial charge in [0.2, 0.25) is 0 Å². The van der Waals surface area contributed by atoms with Crippen molar-refractivity contribution in [2.24, 2.45) is 0 Å². The van der Waals surface area contributed by atoms with Crippen molar-refractivity contribution in [1.82, 2.24) is 10.3 Å². The van der Waals surface area contributed by atoms with E-state index in [-0.39, 0.29) is 6.54 Å². The minimum Gasteiger partial charge on any atom is -0.382 e. The maximum Gasteiger partial charge on any atom is 0.415 e. The fourth-order valence-electron chi connectivity index (χ4n) is 1.73. The molecular formula is C12H12ClF3N2O. The van der Waals surface area contributed by atoms with Gasteiger partial charge in [-0.15, -0.1) is 0 Å². The van der Waals surface area contributed by atoms with E-state index in [0.717, 1.165) is 10.9 Å². The lowest BCUT2D eigenvalue weighted by Crippen LogP contribution is -2.38. The molecule has 2 rings (SSSR count). The lowest BCUT2D eigenvalue weighted by molar-refractivity contribution is -0.201. The van der Waals surface area contributed by atoms with Crippen LogP contribution in [-0.4, -0.2) is 28.9 Å². The van der Waals surface area contributed by atoms with Gasteiger partial charge in [-0.3, -0.25) is 0 Å². The predicted octanol–water partition coefficient (Wildman–Crippen LogP) is 2.83. The average molecular weight is 293 g/mol. The minimum atomic E-state index is -4.61. The van der Waals surface area contributed by atoms with Crippen LogP contribution in [0, 0.1) is 0 Å². The number of benzene rings is 1. The van der Waals surface area contributed by atoms with Crippen LogP contribution in [0.15, 0.2) is 24.3 Å². The van der Waals surface area contributed by atoms with Gasteiger partial charge in [-0.05, 0) is 6.07 Å². The van der Waals surface area contributed by atoms with Gasteiger partial charge in [0.05, 0.1) is 5.02 Å². The van der Waals surface area contributed by atoms with E-state index in [2.05, 4.69) is 10.3 Å². The summed E-state index contributed by atoms with van der Waals surface area (Å²) in [5, 5.41) is 12.7. The van der Waals surface area contributed by atoms with Crippen LogP contribution < -0.4 is 5.32 Å². The van der Waals surface area contributed by atoms with E-state index in [9.17, 15) is 13.2 Å². The van der Waals surface area contributed by atoms with E-state index in [0.29, 0.717) is 10.7 Å². The van der Waals surface area contributed by atoms with Gasteiger partial charge >= 0.3 is 6.18 Å². The molecule has 0 radical (unpaired) electrons. The Kier molecular flexibility index (Phi) is 4.03. The molecule has 0 fully saturated rings. The van der Waals surface area contributed by atoms with E-state index in [1.54, 1.807) is 0 Å². The molecule has 0 aliphatic heterocycles. The first kappa shape index (κ1) is 14.2. The summed E-state index contributed by atoms with van der Waals surface area (Å²) in [5.74, 6) is 0. The molecule has 0 saturated carbocycles. The standard InChI is InChI=1S/C12H12ClF3N2O/c13-11-7-3-1-2-4-8(7)18-9(11)5-17-6-10(19)12(14,15)16/h1-4,10,17-19H,5-6H2. The Morgan fingerprint density at radius 2 is 2.00 bits per heavy atom. The molecule has 3 N–H and O–H groups in total. The summed E-state index contributed by atoms with van der Waals surface area (Å²) >= 11 is 6.11. The summed E-state index contributed by atoms with van der Waals surface area (Å²) in [6.07, 6.45) is -6.99. The fourth-order valence-corrected chi connectivity index (χ4v) is 2.01. The molecule has 0 bridgehead atoms. The Labute approximate surface area is 112 Å². The van der Waals surface area contributed by atoms with Gasteiger partial charge < -0.3 is 15.4 Å². The van der Waals surface area contributed by atoms with Gasteiger partial charge in [0.1, 0.15) is 0 Å². The largest absolute Gasteiger partial charge is 0.415 e. The van der Waals surface area contributed by atoms with E-state index >= 15 is 0 Å². The van der Waals surface area contributed by atoms with Crippen LogP contribution >= 0.6 is 11.6 Å². The van der Waals surface area contributed by atoms with E-state index in [1.807, 2.05) is 24.3 Å². The second kappa shape index (κ2) is 5.40. The van der Waals surface area contributed by atoms with Gasteiger partial charge in [0, 0.05) is 29.7 Å². The maximum absolute atomic E-state index is 12.1. The van der Waals surface area contributed by atoms with Gasteiger partial charge in [0.15, 0.2) is 6.10 Å². The molecule has 0 spiro atoms. The molecule has 1 unspecified atom stereocenters. The number of alkyl halides is 3. The molecule has 0 saturated heterocycles. The molecule has 2 aromatic rings. The van der Waals surface area contributed by atoms with Crippen LogP contribution in [0.1, 0.15) is 5.69 Å². The highest BCUT2D eigenvalue weighted by Gasteiger charge is 2.37. The zero-order valence-electron chi connectivity index (χ0n) is 9.76. The highest BCUT2D eigenvalue weighted by atomic mass is 35.5. The second-order valence-electron chi connectivity index (χ2n) is 4.15. The van der Waals surface area contributed by atoms with Crippen molar-refractivity contribution in [2.45, 2.75) is 18.8 Å². The third kappa shape index (κ3) is 3.20. The number of aliphatic hydroxyl groups is 1. The number of fused-ring (bicyclic) bond motifs is 1. The third-order valence-electron chi connectivity index (χ3n) is 2.73. The Morgan fingerprint density at radius 1 is 1.32 bits per heavy atom. The number of hydrogen-bond donors (Lipinski definition) is 3. The number of aromatic nitrogens is 1. The van der Waals surface area contributed by atoms with E-state index in [4.69, 9.17) is 16.7 Å². The topological polar surface area (TPSA) is 48.0 Å². The van der Waals surface area contributed by atoms with E-state index < -0.39 is 18.8 Å². The zero-order chi connectivity index (χ0) is 14.0. The van der Waals surface area contributed by atoms with Crippen molar-refractivity contribution in [3.05, 3.63) is 35.0 Å². The van der Waals surface area contributed by atoms with Crippen LogP contribution in [-0.2, 0) is 6.54 Å². The van der Waals surface area contributed by atoms with Gasteiger partial charge in [-0.1, -0.05) is 29.8 Å². The highest BCUT2D eigenvalue weighted by molar-refractivity contribution is 6.36. The van der Waals surface area contributed by atoms with Gasteiger partial charge in [-0.2, -0.15) is 13.2 Å². The van der Waals surface area contributed by atoms with Crippen molar-refractivity contribution in [2.75, 3.05) is 6.54 Å². The molecule has 3 nitrogen and oxygen atoms in total. The molecular weight excluding hydrogens is 281 g/mol. The number of H-pyrrole nitrogens is 1. The van der Waals surface area contributed by atoms with Crippen LogP contribution in [0.25, 0.3) is 10.9 Å². The van der Waals surface area contributed by atoms with Crippen molar-refractivity contribution in [1.29, 1.82) is 0 Å². The van der Waals surface area contributed by atoms with Gasteiger partial charge in [0.25, 0.3) is 0 Å². The summed E-state index contributed by atoms with van der Waals surface area (Å²) < 4.78 is 36.3. The molecule has 1 heterocycles. The highest BCUT2D eigenvalue weighted by Crippen LogP contribution is 2.27. The Bertz CT molecular complexity index is 568. The average Bonchev–Trinajstić information content (AvgIpc) is 2.66. The van der Waals surface area contributed by atoms with Crippen LogP contribution in [0.4, 0.5) is 13.2 Å². The van der Waals surface area contributed by atoms with Crippen LogP contribution in [0.3, 0.4) is 0 Å². The van der Waals surface area contributed by atoms with Crippen LogP contribution in [0.2, 0.25) is 5.02 Å². The Hall–Kier alpha value is -1.24. The smallest absolute Gasteiger partial charge is 0.382 e. The van der Waals surface area contributed by atoms with Crippen molar-refractivity contribution < 1.29 is 18.3 Å². The first-order valence-electron chi connectivity index (χ1n) is 5.60. The summed E-state index contributed by atoms with van der Waals surface area (Å²) in [7, 11) is 0. The monoisotopic (exact) mass is 292 g/mol. The van der Waals surface area contributed by atoms with Crippen molar-refractivity contribution in [3.8, 4) is 0 Å². The third-order valence-corrected chi connectivity index (χ3v) is 3.16. The maximum atomic E-state index is 12.1. The summed E-state index contributed by atoms with van der Waals surface area (Å²) in [6, 6.07) is 7.31. The quantitative estimate of drug-likeness (QED) is 0.811. The number of aliphatic hydroxyl groups excluding tert-OH is 1. The number of para-hydroxylation sites is 1. The van der Waals surface area contributed by atoms with Crippen molar-refractivity contribution >= 4 is 22.5 Å². The molecule has 1 aromatic carbocycles. The number of rotatable bonds is 4. The zero-order valence-corrected chi connectivity index (χ0v) is 10.5. The number of nitrogens with one attached hydrogen (secondary N) is 2. The molecule has 0 aliphatic rings. The second-order valence-corrected chi connectivity index (χ2v) is 4.53. The first-order chi connectivity index (χ1) is 8.89. The van der Waals surface area contributed by atoms with E-state index in [1.165, 1.54) is 0 Å². The number of aromatic amines is 1. The lowest BCUT2D eigenvalue weighted by atomic mass is 10.2. The fraction of sp³-hybridized carbons (Fsp3) is 0.333. The Balaban J connectivity index is 2.01. The molecule has 0 aliphatic carbocycles. The summed E-state index contributed by atoms with van der Waals surface area (Å²) in [6.45, 7) is -0.449. The molecule has 104 valence electrons. The SMILES string of the molecule is OC(CNCc1[nH]c2ccccc2c1Cl)C(F)(F)F.